The van der Waals surface area contributed by atoms with E-state index in [1.54, 1.807) is 26.0 Å². The van der Waals surface area contributed by atoms with Crippen LogP contribution in [0.4, 0.5) is 4.39 Å². The molecule has 1 aliphatic heterocycles. The lowest BCUT2D eigenvalue weighted by Crippen LogP contribution is -2.29. The number of rotatable bonds is 2. The number of carbonyl (C=O) groups is 1. The topological polar surface area (TPSA) is 26.3 Å². The Morgan fingerprint density at radius 2 is 1.73 bits per heavy atom. The lowest BCUT2D eigenvalue weighted by Gasteiger charge is -2.17. The third-order valence-electron chi connectivity index (χ3n) is 3.60. The molecule has 0 aliphatic carbocycles. The molecule has 0 radical (unpaired) electrons. The SMILES string of the molecule is CC1(C)OC(c2ccc(S)cc2)=C(c2cccc(F)c2)C1=O. The van der Waals surface area contributed by atoms with Crippen LogP contribution in [0.1, 0.15) is 25.0 Å². The average molecular weight is 314 g/mol. The lowest BCUT2D eigenvalue weighted by molar-refractivity contribution is -0.125. The minimum absolute atomic E-state index is 0.150. The van der Waals surface area contributed by atoms with E-state index in [2.05, 4.69) is 12.6 Å². The molecule has 0 atom stereocenters. The Morgan fingerprint density at radius 1 is 1.05 bits per heavy atom. The highest BCUT2D eigenvalue weighted by Crippen LogP contribution is 2.41. The van der Waals surface area contributed by atoms with Crippen LogP contribution >= 0.6 is 12.6 Å². The first-order valence-corrected chi connectivity index (χ1v) is 7.36. The van der Waals surface area contributed by atoms with E-state index in [0.717, 1.165) is 10.5 Å². The molecule has 0 saturated heterocycles. The van der Waals surface area contributed by atoms with Crippen molar-refractivity contribution in [1.29, 1.82) is 0 Å². The van der Waals surface area contributed by atoms with E-state index in [0.29, 0.717) is 16.9 Å². The second kappa shape index (κ2) is 5.29. The van der Waals surface area contributed by atoms with Crippen molar-refractivity contribution in [2.75, 3.05) is 0 Å². The Kier molecular flexibility index (Phi) is 3.57. The Morgan fingerprint density at radius 3 is 2.36 bits per heavy atom. The highest BCUT2D eigenvalue weighted by atomic mass is 32.1. The summed E-state index contributed by atoms with van der Waals surface area (Å²) in [7, 11) is 0. The number of benzene rings is 2. The molecule has 4 heteroatoms. The van der Waals surface area contributed by atoms with Crippen LogP contribution in [-0.2, 0) is 9.53 Å². The molecule has 0 spiro atoms. The van der Waals surface area contributed by atoms with Gasteiger partial charge in [-0.3, -0.25) is 4.79 Å². The summed E-state index contributed by atoms with van der Waals surface area (Å²) in [4.78, 5) is 13.5. The smallest absolute Gasteiger partial charge is 0.210 e. The van der Waals surface area contributed by atoms with Gasteiger partial charge in [0.25, 0.3) is 0 Å². The van der Waals surface area contributed by atoms with Crippen molar-refractivity contribution < 1.29 is 13.9 Å². The number of halogens is 1. The number of hydrogen-bond acceptors (Lipinski definition) is 3. The Labute approximate surface area is 134 Å². The van der Waals surface area contributed by atoms with Gasteiger partial charge >= 0.3 is 0 Å². The van der Waals surface area contributed by atoms with Gasteiger partial charge in [0.15, 0.2) is 5.60 Å². The largest absolute Gasteiger partial charge is 0.478 e. The number of ketones is 1. The molecule has 3 rings (SSSR count). The van der Waals surface area contributed by atoms with Crippen LogP contribution in [0.25, 0.3) is 11.3 Å². The third kappa shape index (κ3) is 2.55. The zero-order valence-electron chi connectivity index (χ0n) is 12.3. The van der Waals surface area contributed by atoms with Gasteiger partial charge in [-0.05, 0) is 43.7 Å². The van der Waals surface area contributed by atoms with Gasteiger partial charge < -0.3 is 4.74 Å². The summed E-state index contributed by atoms with van der Waals surface area (Å²) in [5.41, 5.74) is 0.754. The van der Waals surface area contributed by atoms with Crippen LogP contribution in [0.3, 0.4) is 0 Å². The fourth-order valence-corrected chi connectivity index (χ4v) is 2.63. The fraction of sp³-hybridized carbons (Fsp3) is 0.167. The van der Waals surface area contributed by atoms with Gasteiger partial charge in [0.1, 0.15) is 11.6 Å². The van der Waals surface area contributed by atoms with Crippen molar-refractivity contribution in [2.45, 2.75) is 24.3 Å². The molecule has 0 saturated carbocycles. The molecule has 0 bridgehead atoms. The van der Waals surface area contributed by atoms with Crippen LogP contribution in [0.15, 0.2) is 53.4 Å². The first kappa shape index (κ1) is 14.9. The zero-order chi connectivity index (χ0) is 15.9. The van der Waals surface area contributed by atoms with E-state index in [9.17, 15) is 9.18 Å². The van der Waals surface area contributed by atoms with E-state index >= 15 is 0 Å². The molecule has 112 valence electrons. The van der Waals surface area contributed by atoms with Crippen LogP contribution in [0.2, 0.25) is 0 Å². The highest BCUT2D eigenvalue weighted by Gasteiger charge is 2.42. The molecule has 22 heavy (non-hydrogen) atoms. The summed E-state index contributed by atoms with van der Waals surface area (Å²) in [5.74, 6) is -0.0513. The summed E-state index contributed by atoms with van der Waals surface area (Å²) >= 11 is 4.26. The molecule has 0 fully saturated rings. The number of thiol groups is 1. The molecule has 1 heterocycles. The number of carbonyl (C=O) groups excluding carboxylic acids is 1. The van der Waals surface area contributed by atoms with Crippen molar-refractivity contribution in [3.05, 3.63) is 65.5 Å². The monoisotopic (exact) mass is 314 g/mol. The summed E-state index contributed by atoms with van der Waals surface area (Å²) in [5, 5.41) is 0. The molecule has 0 unspecified atom stereocenters. The molecular formula is C18H15FO2S. The van der Waals surface area contributed by atoms with Crippen molar-refractivity contribution in [1.82, 2.24) is 0 Å². The first-order chi connectivity index (χ1) is 10.4. The highest BCUT2D eigenvalue weighted by molar-refractivity contribution is 7.80. The Bertz CT molecular complexity index is 776. The van der Waals surface area contributed by atoms with Gasteiger partial charge in [-0.1, -0.05) is 24.3 Å². The Hall–Kier alpha value is -2.07. The second-order valence-electron chi connectivity index (χ2n) is 5.70. The molecule has 1 aliphatic rings. The van der Waals surface area contributed by atoms with E-state index in [4.69, 9.17) is 4.74 Å². The van der Waals surface area contributed by atoms with Crippen molar-refractivity contribution in [3.63, 3.8) is 0 Å². The predicted octanol–water partition coefficient (Wildman–Crippen LogP) is 4.36. The standard InChI is InChI=1S/C18H15FO2S/c1-18(2)17(20)15(12-4-3-5-13(19)10-12)16(21-18)11-6-8-14(22)9-7-11/h3-10,22H,1-2H3. The fourth-order valence-electron chi connectivity index (χ4n) is 2.48. The maximum absolute atomic E-state index is 13.5. The quantitative estimate of drug-likeness (QED) is 0.834. The lowest BCUT2D eigenvalue weighted by atomic mass is 9.92. The molecule has 0 amide bonds. The van der Waals surface area contributed by atoms with Crippen molar-refractivity contribution in [2.24, 2.45) is 0 Å². The summed E-state index contributed by atoms with van der Waals surface area (Å²) in [6.45, 7) is 3.43. The number of Topliss-reactive ketones (excluding diaryl/α,β-unsaturated/α-hetero) is 1. The van der Waals surface area contributed by atoms with Crippen LogP contribution in [-0.4, -0.2) is 11.4 Å². The van der Waals surface area contributed by atoms with E-state index in [-0.39, 0.29) is 11.6 Å². The molecule has 2 aromatic rings. The molecule has 2 aromatic carbocycles. The van der Waals surface area contributed by atoms with Crippen molar-refractivity contribution >= 4 is 29.7 Å². The van der Waals surface area contributed by atoms with Gasteiger partial charge in [0, 0.05) is 10.5 Å². The molecule has 0 N–H and O–H groups in total. The maximum atomic E-state index is 13.5. The molecule has 2 nitrogen and oxygen atoms in total. The maximum Gasteiger partial charge on any atom is 0.210 e. The van der Waals surface area contributed by atoms with Crippen molar-refractivity contribution in [3.8, 4) is 0 Å². The van der Waals surface area contributed by atoms with Gasteiger partial charge in [-0.25, -0.2) is 4.39 Å². The van der Waals surface area contributed by atoms with E-state index in [1.807, 2.05) is 24.3 Å². The summed E-state index contributed by atoms with van der Waals surface area (Å²) in [6, 6.07) is 13.3. The molecule has 0 aromatic heterocycles. The van der Waals surface area contributed by atoms with Gasteiger partial charge in [-0.15, -0.1) is 12.6 Å². The second-order valence-corrected chi connectivity index (χ2v) is 6.22. The normalized spacial score (nSPS) is 16.8. The average Bonchev–Trinajstić information content (AvgIpc) is 2.70. The minimum Gasteiger partial charge on any atom is -0.478 e. The first-order valence-electron chi connectivity index (χ1n) is 6.92. The number of ether oxygens (including phenoxy) is 1. The predicted molar refractivity (Wildman–Crippen MR) is 87.1 cm³/mol. The third-order valence-corrected chi connectivity index (χ3v) is 3.90. The van der Waals surface area contributed by atoms with Crippen LogP contribution in [0.5, 0.6) is 0 Å². The number of hydrogen-bond donors (Lipinski definition) is 1. The van der Waals surface area contributed by atoms with Gasteiger partial charge in [-0.2, -0.15) is 0 Å². The minimum atomic E-state index is -0.962. The van der Waals surface area contributed by atoms with E-state index < -0.39 is 5.60 Å². The van der Waals surface area contributed by atoms with Gasteiger partial charge in [0.05, 0.1) is 5.57 Å². The van der Waals surface area contributed by atoms with Gasteiger partial charge in [0.2, 0.25) is 5.78 Å². The summed E-state index contributed by atoms with van der Waals surface area (Å²) < 4.78 is 19.4. The Balaban J connectivity index is 2.20. The zero-order valence-corrected chi connectivity index (χ0v) is 13.2. The summed E-state index contributed by atoms with van der Waals surface area (Å²) in [6.07, 6.45) is 0. The molecular weight excluding hydrogens is 299 g/mol. The van der Waals surface area contributed by atoms with Crippen LogP contribution < -0.4 is 0 Å². The van der Waals surface area contributed by atoms with E-state index in [1.165, 1.54) is 12.1 Å². The van der Waals surface area contributed by atoms with Crippen LogP contribution in [0, 0.1) is 5.82 Å².